The van der Waals surface area contributed by atoms with Crippen molar-refractivity contribution in [1.82, 2.24) is 5.43 Å². The number of benzene rings is 1. The lowest BCUT2D eigenvalue weighted by molar-refractivity contribution is -0.137. The second kappa shape index (κ2) is 6.35. The van der Waals surface area contributed by atoms with E-state index < -0.39 is 20.7 Å². The van der Waals surface area contributed by atoms with E-state index in [2.05, 4.69) is 5.43 Å². The summed E-state index contributed by atoms with van der Waals surface area (Å²) in [5, 5.41) is 0. The Morgan fingerprint density at radius 1 is 1.37 bits per heavy atom. The number of rotatable bonds is 5. The Balaban J connectivity index is 3.25. The Kier molecular flexibility index (Phi) is 5.08. The number of hydrazine groups is 1. The number of ether oxygens (including phenoxy) is 1. The minimum absolute atomic E-state index is 0.00709. The van der Waals surface area contributed by atoms with Gasteiger partial charge < -0.3 is 10.2 Å². The molecule has 6 nitrogen and oxygen atoms in total. The van der Waals surface area contributed by atoms with Crippen molar-refractivity contribution in [2.24, 2.45) is 5.84 Å². The SMILES string of the molecule is CCOC(=O)/C(=C/NN)S(=O)(=O)c1ccc(C)cc1. The molecule has 0 saturated heterocycles. The van der Waals surface area contributed by atoms with Gasteiger partial charge in [-0.1, -0.05) is 17.7 Å². The maximum absolute atomic E-state index is 12.3. The Bertz CT molecular complexity index is 576. The van der Waals surface area contributed by atoms with E-state index in [9.17, 15) is 13.2 Å². The fourth-order valence-electron chi connectivity index (χ4n) is 1.37. The first-order valence-corrected chi connectivity index (χ1v) is 7.07. The monoisotopic (exact) mass is 284 g/mol. The Hall–Kier alpha value is -1.86. The van der Waals surface area contributed by atoms with E-state index in [0.29, 0.717) is 0 Å². The summed E-state index contributed by atoms with van der Waals surface area (Å²) in [6, 6.07) is 6.14. The van der Waals surface area contributed by atoms with E-state index in [1.165, 1.54) is 12.1 Å². The number of hydrogen-bond donors (Lipinski definition) is 2. The molecule has 0 aliphatic rings. The number of nitrogens with one attached hydrogen (secondary N) is 1. The second-order valence-electron chi connectivity index (χ2n) is 3.71. The van der Waals surface area contributed by atoms with Gasteiger partial charge in [0.05, 0.1) is 11.5 Å². The Morgan fingerprint density at radius 3 is 2.42 bits per heavy atom. The van der Waals surface area contributed by atoms with E-state index in [1.807, 2.05) is 6.92 Å². The highest BCUT2D eigenvalue weighted by Gasteiger charge is 2.28. The molecular formula is C12H16N2O4S. The average molecular weight is 284 g/mol. The summed E-state index contributed by atoms with van der Waals surface area (Å²) >= 11 is 0. The highest BCUT2D eigenvalue weighted by Crippen LogP contribution is 2.20. The summed E-state index contributed by atoms with van der Waals surface area (Å²) in [6.45, 7) is 3.49. The molecular weight excluding hydrogens is 268 g/mol. The van der Waals surface area contributed by atoms with Gasteiger partial charge in [0, 0.05) is 6.20 Å². The second-order valence-corrected chi connectivity index (χ2v) is 5.63. The van der Waals surface area contributed by atoms with Gasteiger partial charge in [-0.25, -0.2) is 13.2 Å². The topological polar surface area (TPSA) is 98.5 Å². The van der Waals surface area contributed by atoms with Crippen LogP contribution in [0.3, 0.4) is 0 Å². The van der Waals surface area contributed by atoms with Crippen LogP contribution in [0.4, 0.5) is 0 Å². The van der Waals surface area contributed by atoms with Gasteiger partial charge in [0.2, 0.25) is 9.84 Å². The van der Waals surface area contributed by atoms with Gasteiger partial charge >= 0.3 is 5.97 Å². The van der Waals surface area contributed by atoms with Gasteiger partial charge in [0.25, 0.3) is 0 Å². The van der Waals surface area contributed by atoms with Crippen LogP contribution < -0.4 is 11.3 Å². The van der Waals surface area contributed by atoms with Crippen LogP contribution in [0.2, 0.25) is 0 Å². The van der Waals surface area contributed by atoms with Crippen molar-refractivity contribution in [2.45, 2.75) is 18.7 Å². The first-order chi connectivity index (χ1) is 8.93. The number of carbonyl (C=O) groups excluding carboxylic acids is 1. The van der Waals surface area contributed by atoms with E-state index in [4.69, 9.17) is 10.6 Å². The molecule has 1 aromatic rings. The van der Waals surface area contributed by atoms with Crippen LogP contribution in [0.1, 0.15) is 12.5 Å². The number of aryl methyl sites for hydroxylation is 1. The van der Waals surface area contributed by atoms with Crippen LogP contribution in [0.15, 0.2) is 40.3 Å². The first kappa shape index (κ1) is 15.2. The van der Waals surface area contributed by atoms with Crippen molar-refractivity contribution in [2.75, 3.05) is 6.61 Å². The minimum Gasteiger partial charge on any atom is -0.462 e. The maximum Gasteiger partial charge on any atom is 0.351 e. The van der Waals surface area contributed by atoms with Crippen molar-refractivity contribution in [3.63, 3.8) is 0 Å². The summed E-state index contributed by atoms with van der Waals surface area (Å²) in [7, 11) is -3.96. The Morgan fingerprint density at radius 2 is 1.95 bits per heavy atom. The highest BCUT2D eigenvalue weighted by molar-refractivity contribution is 7.96. The summed E-state index contributed by atoms with van der Waals surface area (Å²) in [5.41, 5.74) is 2.97. The molecule has 0 amide bonds. The average Bonchev–Trinajstić information content (AvgIpc) is 2.36. The summed E-state index contributed by atoms with van der Waals surface area (Å²) < 4.78 is 29.3. The predicted octanol–water partition coefficient (Wildman–Crippen LogP) is 0.637. The van der Waals surface area contributed by atoms with Gasteiger partial charge in [-0.3, -0.25) is 5.84 Å². The lowest BCUT2D eigenvalue weighted by Gasteiger charge is -2.08. The highest BCUT2D eigenvalue weighted by atomic mass is 32.2. The number of esters is 1. The molecule has 7 heteroatoms. The van der Waals surface area contributed by atoms with Crippen LogP contribution in [-0.4, -0.2) is 21.0 Å². The van der Waals surface area contributed by atoms with Gasteiger partial charge in [-0.05, 0) is 26.0 Å². The smallest absolute Gasteiger partial charge is 0.351 e. The van der Waals surface area contributed by atoms with Gasteiger partial charge in [0.1, 0.15) is 0 Å². The molecule has 0 fully saturated rings. The summed E-state index contributed by atoms with van der Waals surface area (Å²) in [6.07, 6.45) is 0.910. The van der Waals surface area contributed by atoms with Gasteiger partial charge in [0.15, 0.2) is 4.91 Å². The van der Waals surface area contributed by atoms with E-state index in [0.717, 1.165) is 11.8 Å². The first-order valence-electron chi connectivity index (χ1n) is 5.58. The summed E-state index contributed by atoms with van der Waals surface area (Å²) in [5.74, 6) is 4.12. The largest absolute Gasteiger partial charge is 0.462 e. The number of carbonyl (C=O) groups is 1. The third-order valence-electron chi connectivity index (χ3n) is 2.31. The molecule has 1 aromatic carbocycles. The van der Waals surface area contributed by atoms with Crippen LogP contribution >= 0.6 is 0 Å². The molecule has 19 heavy (non-hydrogen) atoms. The van der Waals surface area contributed by atoms with Gasteiger partial charge in [-0.15, -0.1) is 0 Å². The molecule has 0 spiro atoms. The third kappa shape index (κ3) is 3.55. The zero-order chi connectivity index (χ0) is 14.5. The zero-order valence-corrected chi connectivity index (χ0v) is 11.5. The molecule has 1 rings (SSSR count). The molecule has 0 bridgehead atoms. The number of nitrogens with two attached hydrogens (primary N) is 1. The third-order valence-corrected chi connectivity index (χ3v) is 4.07. The van der Waals surface area contributed by atoms with Crippen molar-refractivity contribution < 1.29 is 17.9 Å². The van der Waals surface area contributed by atoms with E-state index in [1.54, 1.807) is 19.1 Å². The standard InChI is InChI=1S/C12H16N2O4S/c1-3-18-12(15)11(8-14-13)19(16,17)10-6-4-9(2)5-7-10/h4-8,14H,3,13H2,1-2H3/b11-8-. The summed E-state index contributed by atoms with van der Waals surface area (Å²) in [4.78, 5) is 11.1. The predicted molar refractivity (Wildman–Crippen MR) is 70.4 cm³/mol. The quantitative estimate of drug-likeness (QED) is 0.356. The fraction of sp³-hybridized carbons (Fsp3) is 0.250. The molecule has 3 N–H and O–H groups in total. The van der Waals surface area contributed by atoms with E-state index >= 15 is 0 Å². The fourth-order valence-corrected chi connectivity index (χ4v) is 2.62. The van der Waals surface area contributed by atoms with Crippen molar-refractivity contribution in [3.05, 3.63) is 40.9 Å². The van der Waals surface area contributed by atoms with Crippen LogP contribution in [0.25, 0.3) is 0 Å². The van der Waals surface area contributed by atoms with Crippen LogP contribution in [0, 0.1) is 6.92 Å². The zero-order valence-electron chi connectivity index (χ0n) is 10.7. The number of sulfone groups is 1. The molecule has 0 heterocycles. The number of hydrogen-bond acceptors (Lipinski definition) is 6. The molecule has 0 radical (unpaired) electrons. The molecule has 0 atom stereocenters. The lowest BCUT2D eigenvalue weighted by Crippen LogP contribution is -2.22. The molecule has 0 aromatic heterocycles. The molecule has 0 saturated carbocycles. The molecule has 0 aliphatic carbocycles. The normalized spacial score (nSPS) is 12.1. The molecule has 0 unspecified atom stereocenters. The van der Waals surface area contributed by atoms with Crippen LogP contribution in [0.5, 0.6) is 0 Å². The van der Waals surface area contributed by atoms with Crippen molar-refractivity contribution >= 4 is 15.8 Å². The lowest BCUT2D eigenvalue weighted by atomic mass is 10.2. The van der Waals surface area contributed by atoms with Crippen LogP contribution in [-0.2, 0) is 19.4 Å². The molecule has 0 aliphatic heterocycles. The molecule has 104 valence electrons. The van der Waals surface area contributed by atoms with Crippen molar-refractivity contribution in [1.29, 1.82) is 0 Å². The van der Waals surface area contributed by atoms with Gasteiger partial charge in [-0.2, -0.15) is 0 Å². The van der Waals surface area contributed by atoms with Crippen molar-refractivity contribution in [3.8, 4) is 0 Å². The minimum atomic E-state index is -3.96. The van der Waals surface area contributed by atoms with E-state index in [-0.39, 0.29) is 11.5 Å². The Labute approximate surface area is 112 Å². The maximum atomic E-state index is 12.3.